The zero-order valence-electron chi connectivity index (χ0n) is 13.3. The molecule has 0 saturated carbocycles. The number of benzene rings is 1. The molecule has 1 heterocycles. The average molecular weight is 336 g/mol. The fourth-order valence-electron chi connectivity index (χ4n) is 1.91. The van der Waals surface area contributed by atoms with E-state index in [0.29, 0.717) is 12.3 Å². The Hall–Kier alpha value is -2.02. The smallest absolute Gasteiger partial charge is 0.407 e. The number of carboxylic acid groups (broad SMARTS) is 1. The van der Waals surface area contributed by atoms with Crippen molar-refractivity contribution in [2.45, 2.75) is 39.0 Å². The quantitative estimate of drug-likeness (QED) is 0.882. The number of aliphatic carboxylic acids is 1. The summed E-state index contributed by atoms with van der Waals surface area (Å²) in [6, 6.07) is 6.85. The number of carbonyl (C=O) groups is 2. The minimum absolute atomic E-state index is 0.368. The molecule has 1 atom stereocenters. The lowest BCUT2D eigenvalue weighted by Gasteiger charge is -2.19. The van der Waals surface area contributed by atoms with Crippen molar-refractivity contribution in [1.82, 2.24) is 5.32 Å². The van der Waals surface area contributed by atoms with Crippen molar-refractivity contribution in [2.24, 2.45) is 4.99 Å². The maximum atomic E-state index is 11.6. The molecule has 0 aliphatic carbocycles. The summed E-state index contributed by atoms with van der Waals surface area (Å²) in [5.74, 6) is -0.433. The molecule has 0 unspecified atom stereocenters. The number of thioether (sulfide) groups is 1. The minimum Gasteiger partial charge on any atom is -0.480 e. The number of nitrogens with one attached hydrogen (secondary N) is 1. The van der Waals surface area contributed by atoms with E-state index in [0.717, 1.165) is 16.2 Å². The monoisotopic (exact) mass is 336 g/mol. The Morgan fingerprint density at radius 2 is 2.00 bits per heavy atom. The SMILES string of the molecule is CC(C)(C)OC(=O)NCc1ccc(C2=N[C@H](C(=O)O)CS2)cc1. The highest BCUT2D eigenvalue weighted by Gasteiger charge is 2.25. The zero-order chi connectivity index (χ0) is 17.0. The third kappa shape index (κ3) is 5.28. The Kier molecular flexibility index (Phi) is 5.30. The van der Waals surface area contributed by atoms with Crippen LogP contribution in [0.5, 0.6) is 0 Å². The van der Waals surface area contributed by atoms with Crippen LogP contribution in [-0.4, -0.2) is 39.6 Å². The lowest BCUT2D eigenvalue weighted by molar-refractivity contribution is -0.137. The van der Waals surface area contributed by atoms with Gasteiger partial charge >= 0.3 is 12.1 Å². The van der Waals surface area contributed by atoms with Crippen molar-refractivity contribution in [3.63, 3.8) is 0 Å². The molecule has 1 aliphatic heterocycles. The predicted octanol–water partition coefficient (Wildman–Crippen LogP) is 2.66. The number of hydrogen-bond acceptors (Lipinski definition) is 5. The maximum Gasteiger partial charge on any atom is 0.407 e. The maximum absolute atomic E-state index is 11.6. The summed E-state index contributed by atoms with van der Waals surface area (Å²) in [4.78, 5) is 26.7. The van der Waals surface area contributed by atoms with E-state index < -0.39 is 23.7 Å². The van der Waals surface area contributed by atoms with Gasteiger partial charge in [-0.1, -0.05) is 24.3 Å². The lowest BCUT2D eigenvalue weighted by atomic mass is 10.1. The van der Waals surface area contributed by atoms with Crippen LogP contribution in [0.1, 0.15) is 31.9 Å². The van der Waals surface area contributed by atoms with Crippen LogP contribution < -0.4 is 5.32 Å². The molecule has 1 aromatic carbocycles. The molecule has 2 N–H and O–H groups in total. The van der Waals surface area contributed by atoms with Crippen LogP contribution in [-0.2, 0) is 16.1 Å². The van der Waals surface area contributed by atoms with Crippen molar-refractivity contribution in [3.05, 3.63) is 35.4 Å². The summed E-state index contributed by atoms with van der Waals surface area (Å²) in [5.41, 5.74) is 1.30. The van der Waals surface area contributed by atoms with Crippen LogP contribution in [0.25, 0.3) is 0 Å². The Bertz CT molecular complexity index is 620. The predicted molar refractivity (Wildman–Crippen MR) is 89.9 cm³/mol. The van der Waals surface area contributed by atoms with Crippen LogP contribution in [0.4, 0.5) is 4.79 Å². The van der Waals surface area contributed by atoms with Gasteiger partial charge in [-0.15, -0.1) is 11.8 Å². The van der Waals surface area contributed by atoms with Crippen LogP contribution in [0.15, 0.2) is 29.3 Å². The number of aliphatic imine (C=N–C) groups is 1. The third-order valence-electron chi connectivity index (χ3n) is 2.97. The number of carbonyl (C=O) groups excluding carboxylic acids is 1. The first-order valence-electron chi connectivity index (χ1n) is 7.24. The molecular formula is C16H20N2O4S. The fraction of sp³-hybridized carbons (Fsp3) is 0.438. The highest BCUT2D eigenvalue weighted by atomic mass is 32.2. The van der Waals surface area contributed by atoms with Gasteiger partial charge in [0.2, 0.25) is 0 Å². The van der Waals surface area contributed by atoms with Crippen molar-refractivity contribution < 1.29 is 19.4 Å². The van der Waals surface area contributed by atoms with E-state index in [1.807, 2.05) is 45.0 Å². The van der Waals surface area contributed by atoms with Crippen LogP contribution in [0.3, 0.4) is 0 Å². The summed E-state index contributed by atoms with van der Waals surface area (Å²) in [7, 11) is 0. The molecule has 2 rings (SSSR count). The molecule has 0 spiro atoms. The highest BCUT2D eigenvalue weighted by Crippen LogP contribution is 2.23. The van der Waals surface area contributed by atoms with Gasteiger partial charge in [-0.05, 0) is 26.3 Å². The first kappa shape index (κ1) is 17.3. The van der Waals surface area contributed by atoms with E-state index in [1.54, 1.807) is 0 Å². The van der Waals surface area contributed by atoms with Gasteiger partial charge in [0.15, 0.2) is 6.04 Å². The van der Waals surface area contributed by atoms with Crippen LogP contribution >= 0.6 is 11.8 Å². The molecule has 23 heavy (non-hydrogen) atoms. The summed E-state index contributed by atoms with van der Waals surface area (Å²) in [6.45, 7) is 5.80. The van der Waals surface area contributed by atoms with Gasteiger partial charge < -0.3 is 15.2 Å². The van der Waals surface area contributed by atoms with Crippen LogP contribution in [0, 0.1) is 0 Å². The molecule has 7 heteroatoms. The largest absolute Gasteiger partial charge is 0.480 e. The second kappa shape index (κ2) is 7.04. The molecule has 124 valence electrons. The summed E-state index contributed by atoms with van der Waals surface area (Å²) in [5, 5.41) is 12.4. The normalized spacial score (nSPS) is 17.5. The molecular weight excluding hydrogens is 316 g/mol. The molecule has 0 bridgehead atoms. The first-order chi connectivity index (χ1) is 10.7. The molecule has 0 radical (unpaired) electrons. The van der Waals surface area contributed by atoms with Crippen molar-refractivity contribution in [1.29, 1.82) is 0 Å². The number of nitrogens with zero attached hydrogens (tertiary/aromatic N) is 1. The average Bonchev–Trinajstić information content (AvgIpc) is 2.94. The standard InChI is InChI=1S/C16H20N2O4S/c1-16(2,3)22-15(21)17-8-10-4-6-11(7-5-10)13-18-12(9-23-13)14(19)20/h4-7,12H,8-9H2,1-3H3,(H,17,21)(H,19,20)/t12-/m0/s1. The summed E-state index contributed by atoms with van der Waals surface area (Å²) >= 11 is 1.44. The summed E-state index contributed by atoms with van der Waals surface area (Å²) < 4.78 is 5.17. The van der Waals surface area contributed by atoms with E-state index in [4.69, 9.17) is 9.84 Å². The molecule has 1 aromatic rings. The minimum atomic E-state index is -0.898. The van der Waals surface area contributed by atoms with Gasteiger partial charge in [-0.3, -0.25) is 4.99 Å². The number of ether oxygens (including phenoxy) is 1. The first-order valence-corrected chi connectivity index (χ1v) is 8.23. The number of alkyl carbamates (subject to hydrolysis) is 1. The van der Waals surface area contributed by atoms with E-state index in [9.17, 15) is 9.59 Å². The summed E-state index contributed by atoms with van der Waals surface area (Å²) in [6.07, 6.45) is -0.457. The van der Waals surface area contributed by atoms with Gasteiger partial charge in [0.05, 0.1) is 5.04 Å². The highest BCUT2D eigenvalue weighted by molar-refractivity contribution is 8.14. The van der Waals surface area contributed by atoms with Crippen LogP contribution in [0.2, 0.25) is 0 Å². The zero-order valence-corrected chi connectivity index (χ0v) is 14.1. The van der Waals surface area contributed by atoms with Gasteiger partial charge in [-0.2, -0.15) is 0 Å². The molecule has 0 saturated heterocycles. The number of amides is 1. The Morgan fingerprint density at radius 1 is 1.35 bits per heavy atom. The van der Waals surface area contributed by atoms with Gasteiger partial charge in [-0.25, -0.2) is 9.59 Å². The van der Waals surface area contributed by atoms with E-state index >= 15 is 0 Å². The molecule has 6 nitrogen and oxygen atoms in total. The van der Waals surface area contributed by atoms with Gasteiger partial charge in [0.1, 0.15) is 5.60 Å². The number of hydrogen-bond donors (Lipinski definition) is 2. The second-order valence-corrected chi connectivity index (χ2v) is 7.16. The molecule has 1 aliphatic rings. The van der Waals surface area contributed by atoms with Crippen molar-refractivity contribution in [3.8, 4) is 0 Å². The Morgan fingerprint density at radius 3 is 2.52 bits per heavy atom. The van der Waals surface area contributed by atoms with E-state index in [1.165, 1.54) is 11.8 Å². The second-order valence-electron chi connectivity index (χ2n) is 6.15. The third-order valence-corrected chi connectivity index (χ3v) is 4.07. The Balaban J connectivity index is 1.92. The van der Waals surface area contributed by atoms with Gasteiger partial charge in [0, 0.05) is 17.9 Å². The fourth-order valence-corrected chi connectivity index (χ4v) is 2.95. The molecule has 1 amide bonds. The van der Waals surface area contributed by atoms with Crippen molar-refractivity contribution >= 4 is 28.9 Å². The lowest BCUT2D eigenvalue weighted by Crippen LogP contribution is -2.32. The molecule has 0 fully saturated rings. The number of carboxylic acids is 1. The Labute approximate surface area is 139 Å². The topological polar surface area (TPSA) is 88.0 Å². The van der Waals surface area contributed by atoms with Gasteiger partial charge in [0.25, 0.3) is 0 Å². The van der Waals surface area contributed by atoms with Crippen molar-refractivity contribution in [2.75, 3.05) is 5.75 Å². The van der Waals surface area contributed by atoms with E-state index in [2.05, 4.69) is 10.3 Å². The number of rotatable bonds is 4. The van der Waals surface area contributed by atoms with E-state index in [-0.39, 0.29) is 0 Å². The molecule has 0 aromatic heterocycles.